The van der Waals surface area contributed by atoms with Crippen LogP contribution in [0, 0.1) is 0 Å². The molecule has 0 aliphatic carbocycles. The first-order chi connectivity index (χ1) is 9.60. The van der Waals surface area contributed by atoms with Gasteiger partial charge in [-0.05, 0) is 19.2 Å². The van der Waals surface area contributed by atoms with Crippen LogP contribution in [0.2, 0.25) is 5.02 Å². The zero-order valence-corrected chi connectivity index (χ0v) is 12.7. The van der Waals surface area contributed by atoms with E-state index in [1.165, 1.54) is 0 Å². The SMILES string of the molecule is CNC1C(=O)Nc2cc(N3CCS(=O)CC3)c(Cl)cc21. The van der Waals surface area contributed by atoms with Crippen molar-refractivity contribution in [3.8, 4) is 0 Å². The summed E-state index contributed by atoms with van der Waals surface area (Å²) < 4.78 is 11.4. The van der Waals surface area contributed by atoms with Crippen LogP contribution in [-0.4, -0.2) is 41.8 Å². The summed E-state index contributed by atoms with van der Waals surface area (Å²) in [5.41, 5.74) is 2.59. The molecule has 2 aliphatic rings. The molecule has 1 aromatic rings. The molecule has 3 rings (SSSR count). The first-order valence-electron chi connectivity index (χ1n) is 6.51. The van der Waals surface area contributed by atoms with Gasteiger partial charge in [0, 0.05) is 46.6 Å². The lowest BCUT2D eigenvalue weighted by atomic mass is 10.1. The maximum atomic E-state index is 11.8. The highest BCUT2D eigenvalue weighted by atomic mass is 35.5. The van der Waals surface area contributed by atoms with Crippen molar-refractivity contribution in [2.75, 3.05) is 41.9 Å². The van der Waals surface area contributed by atoms with Gasteiger partial charge in [0.05, 0.1) is 10.7 Å². The maximum absolute atomic E-state index is 11.8. The van der Waals surface area contributed by atoms with E-state index in [1.807, 2.05) is 12.1 Å². The molecule has 108 valence electrons. The molecule has 0 aromatic heterocycles. The van der Waals surface area contributed by atoms with Crippen LogP contribution in [0.25, 0.3) is 0 Å². The number of carbonyl (C=O) groups is 1. The standard InChI is InChI=1S/C13H16ClN3O2S/c1-15-12-8-6-9(14)11(7-10(8)16-13(12)18)17-2-4-20(19)5-3-17/h6-7,12,15H,2-5H2,1H3,(H,16,18). The Morgan fingerprint density at radius 3 is 2.75 bits per heavy atom. The van der Waals surface area contributed by atoms with Crippen molar-refractivity contribution in [2.45, 2.75) is 6.04 Å². The third-order valence-electron chi connectivity index (χ3n) is 3.76. The lowest BCUT2D eigenvalue weighted by molar-refractivity contribution is -0.117. The van der Waals surface area contributed by atoms with E-state index in [0.717, 1.165) is 30.0 Å². The number of amides is 1. The van der Waals surface area contributed by atoms with Crippen LogP contribution in [0.1, 0.15) is 11.6 Å². The molecule has 2 aliphatic heterocycles. The molecule has 0 spiro atoms. The monoisotopic (exact) mass is 313 g/mol. The molecular formula is C13H16ClN3O2S. The molecule has 0 bridgehead atoms. The van der Waals surface area contributed by atoms with Gasteiger partial charge >= 0.3 is 0 Å². The average molecular weight is 314 g/mol. The number of fused-ring (bicyclic) bond motifs is 1. The van der Waals surface area contributed by atoms with Crippen molar-refractivity contribution >= 4 is 39.7 Å². The van der Waals surface area contributed by atoms with E-state index in [-0.39, 0.29) is 11.9 Å². The Bertz CT molecular complexity index is 583. The minimum absolute atomic E-state index is 0.0598. The van der Waals surface area contributed by atoms with Crippen molar-refractivity contribution in [3.63, 3.8) is 0 Å². The third kappa shape index (κ3) is 2.32. The van der Waals surface area contributed by atoms with Gasteiger partial charge < -0.3 is 15.5 Å². The van der Waals surface area contributed by atoms with Gasteiger partial charge in [-0.2, -0.15) is 0 Å². The predicted molar refractivity (Wildman–Crippen MR) is 82.0 cm³/mol. The second-order valence-corrected chi connectivity index (χ2v) is 7.04. The van der Waals surface area contributed by atoms with E-state index in [0.29, 0.717) is 16.5 Å². The van der Waals surface area contributed by atoms with E-state index >= 15 is 0 Å². The molecule has 7 heteroatoms. The highest BCUT2D eigenvalue weighted by Crippen LogP contribution is 2.39. The minimum Gasteiger partial charge on any atom is -0.368 e. The van der Waals surface area contributed by atoms with E-state index < -0.39 is 10.8 Å². The fourth-order valence-electron chi connectivity index (χ4n) is 2.68. The number of hydrogen-bond acceptors (Lipinski definition) is 4. The Labute approximate surface area is 125 Å². The molecule has 2 heterocycles. The molecule has 1 saturated heterocycles. The first-order valence-corrected chi connectivity index (χ1v) is 8.38. The summed E-state index contributed by atoms with van der Waals surface area (Å²) in [5.74, 6) is 1.27. The number of halogens is 1. The van der Waals surface area contributed by atoms with Crippen molar-refractivity contribution in [3.05, 3.63) is 22.7 Å². The molecule has 5 nitrogen and oxygen atoms in total. The Morgan fingerprint density at radius 2 is 2.10 bits per heavy atom. The van der Waals surface area contributed by atoms with Crippen molar-refractivity contribution in [1.29, 1.82) is 0 Å². The molecule has 1 unspecified atom stereocenters. The smallest absolute Gasteiger partial charge is 0.246 e. The van der Waals surface area contributed by atoms with E-state index in [4.69, 9.17) is 11.6 Å². The number of carbonyl (C=O) groups excluding carboxylic acids is 1. The predicted octanol–water partition coefficient (Wildman–Crippen LogP) is 1.12. The fourth-order valence-corrected chi connectivity index (χ4v) is 4.02. The molecular weight excluding hydrogens is 298 g/mol. The highest BCUT2D eigenvalue weighted by Gasteiger charge is 2.31. The van der Waals surface area contributed by atoms with Gasteiger partial charge in [0.1, 0.15) is 6.04 Å². The van der Waals surface area contributed by atoms with Gasteiger partial charge in [-0.25, -0.2) is 0 Å². The fraction of sp³-hybridized carbons (Fsp3) is 0.462. The molecule has 20 heavy (non-hydrogen) atoms. The van der Waals surface area contributed by atoms with Crippen LogP contribution in [0.4, 0.5) is 11.4 Å². The summed E-state index contributed by atoms with van der Waals surface area (Å²) in [5, 5.41) is 6.48. The topological polar surface area (TPSA) is 61.4 Å². The quantitative estimate of drug-likeness (QED) is 0.859. The number of anilines is 2. The van der Waals surface area contributed by atoms with Crippen LogP contribution >= 0.6 is 11.6 Å². The lowest BCUT2D eigenvalue weighted by Crippen LogP contribution is -2.37. The summed E-state index contributed by atoms with van der Waals surface area (Å²) in [6, 6.07) is 3.42. The molecule has 0 radical (unpaired) electrons. The summed E-state index contributed by atoms with van der Waals surface area (Å²) in [6.45, 7) is 1.46. The molecule has 1 aromatic carbocycles. The largest absolute Gasteiger partial charge is 0.368 e. The second-order valence-electron chi connectivity index (χ2n) is 4.94. The van der Waals surface area contributed by atoms with Gasteiger partial charge in [-0.15, -0.1) is 0 Å². The molecule has 0 saturated carbocycles. The molecule has 1 amide bonds. The van der Waals surface area contributed by atoms with Crippen molar-refractivity contribution in [1.82, 2.24) is 5.32 Å². The number of hydrogen-bond donors (Lipinski definition) is 2. The summed E-state index contributed by atoms with van der Waals surface area (Å²) >= 11 is 6.36. The van der Waals surface area contributed by atoms with Crippen LogP contribution in [0.5, 0.6) is 0 Å². The van der Waals surface area contributed by atoms with Crippen molar-refractivity contribution in [2.24, 2.45) is 0 Å². The van der Waals surface area contributed by atoms with Crippen LogP contribution in [-0.2, 0) is 15.6 Å². The second kappa shape index (κ2) is 5.35. The van der Waals surface area contributed by atoms with Gasteiger partial charge in [0.15, 0.2) is 0 Å². The number of nitrogens with zero attached hydrogens (tertiary/aromatic N) is 1. The lowest BCUT2D eigenvalue weighted by Gasteiger charge is -2.29. The first kappa shape index (κ1) is 13.9. The van der Waals surface area contributed by atoms with Crippen LogP contribution in [0.15, 0.2) is 12.1 Å². The van der Waals surface area contributed by atoms with Crippen LogP contribution < -0.4 is 15.5 Å². The zero-order valence-electron chi connectivity index (χ0n) is 11.1. The number of likely N-dealkylation sites (N-methyl/N-ethyl adjacent to an activating group) is 1. The van der Waals surface area contributed by atoms with E-state index in [2.05, 4.69) is 15.5 Å². The maximum Gasteiger partial charge on any atom is 0.246 e. The zero-order chi connectivity index (χ0) is 14.3. The summed E-state index contributed by atoms with van der Waals surface area (Å²) in [7, 11) is 1.03. The van der Waals surface area contributed by atoms with E-state index in [1.54, 1.807) is 7.05 Å². The number of nitrogens with one attached hydrogen (secondary N) is 2. The Kier molecular flexibility index (Phi) is 3.70. The van der Waals surface area contributed by atoms with Crippen LogP contribution in [0.3, 0.4) is 0 Å². The summed E-state index contributed by atoms with van der Waals surface area (Å²) in [4.78, 5) is 14.0. The number of rotatable bonds is 2. The Morgan fingerprint density at radius 1 is 1.40 bits per heavy atom. The molecule has 1 fully saturated rings. The Hall–Kier alpha value is -1.11. The van der Waals surface area contributed by atoms with Gasteiger partial charge in [-0.3, -0.25) is 9.00 Å². The van der Waals surface area contributed by atoms with E-state index in [9.17, 15) is 9.00 Å². The van der Waals surface area contributed by atoms with Gasteiger partial charge in [0.25, 0.3) is 0 Å². The third-order valence-corrected chi connectivity index (χ3v) is 5.34. The molecule has 1 atom stereocenters. The molecule has 2 N–H and O–H groups in total. The van der Waals surface area contributed by atoms with Gasteiger partial charge in [-0.1, -0.05) is 11.6 Å². The summed E-state index contributed by atoms with van der Waals surface area (Å²) in [6.07, 6.45) is 0. The van der Waals surface area contributed by atoms with Crippen molar-refractivity contribution < 1.29 is 9.00 Å². The normalized spacial score (nSPS) is 22.8. The minimum atomic E-state index is -0.718. The highest BCUT2D eigenvalue weighted by molar-refractivity contribution is 7.85. The van der Waals surface area contributed by atoms with Gasteiger partial charge in [0.2, 0.25) is 5.91 Å². The number of benzene rings is 1. The average Bonchev–Trinajstić information content (AvgIpc) is 2.73. The Balaban J connectivity index is 1.93.